The predicted molar refractivity (Wildman–Crippen MR) is 109 cm³/mol. The molecule has 4 aliphatic rings. The van der Waals surface area contributed by atoms with Gasteiger partial charge in [-0.05, 0) is 80.0 Å². The van der Waals surface area contributed by atoms with Gasteiger partial charge in [-0.1, -0.05) is 25.5 Å². The molecule has 3 fully saturated rings. The first kappa shape index (κ1) is 19.6. The Hall–Kier alpha value is -0.740. The van der Waals surface area contributed by atoms with Crippen LogP contribution in [0.1, 0.15) is 65.2 Å². The Kier molecular flexibility index (Phi) is 5.26. The van der Waals surface area contributed by atoms with E-state index in [1.54, 1.807) is 0 Å². The third-order valence-electron chi connectivity index (χ3n) is 8.76. The highest BCUT2D eigenvalue weighted by atomic mass is 35.5. The Morgan fingerprint density at radius 2 is 2.04 bits per heavy atom. The first-order valence-electron chi connectivity index (χ1n) is 10.9. The third kappa shape index (κ3) is 3.21. The number of nitrogens with one attached hydrogen (secondary N) is 2. The van der Waals surface area contributed by atoms with Crippen molar-refractivity contribution in [2.45, 2.75) is 77.4 Å². The zero-order valence-electron chi connectivity index (χ0n) is 16.8. The highest BCUT2D eigenvalue weighted by Gasteiger charge is 2.58. The van der Waals surface area contributed by atoms with Crippen molar-refractivity contribution < 1.29 is 9.90 Å². The Bertz CT molecular complexity index is 623. The summed E-state index contributed by atoms with van der Waals surface area (Å²) < 4.78 is 0. The van der Waals surface area contributed by atoms with E-state index in [0.717, 1.165) is 43.9 Å². The van der Waals surface area contributed by atoms with Gasteiger partial charge in [-0.3, -0.25) is 0 Å². The van der Waals surface area contributed by atoms with Gasteiger partial charge in [-0.15, -0.1) is 11.6 Å². The van der Waals surface area contributed by atoms with E-state index in [9.17, 15) is 9.90 Å². The maximum absolute atomic E-state index is 12.2. The average Bonchev–Trinajstić information content (AvgIpc) is 2.97. The fraction of sp³-hybridized carbons (Fsp3) is 0.864. The molecule has 4 nitrogen and oxygen atoms in total. The van der Waals surface area contributed by atoms with Crippen LogP contribution in [0.3, 0.4) is 0 Å². The van der Waals surface area contributed by atoms with E-state index in [4.69, 9.17) is 11.6 Å². The van der Waals surface area contributed by atoms with Gasteiger partial charge in [0.15, 0.2) is 0 Å². The molecule has 3 saturated carbocycles. The van der Waals surface area contributed by atoms with E-state index in [1.807, 2.05) is 0 Å². The van der Waals surface area contributed by atoms with Crippen LogP contribution in [-0.4, -0.2) is 35.7 Å². The summed E-state index contributed by atoms with van der Waals surface area (Å²) in [6, 6.07) is 0.203. The van der Waals surface area contributed by atoms with Gasteiger partial charge in [0.25, 0.3) is 0 Å². The molecule has 2 amide bonds. The zero-order valence-corrected chi connectivity index (χ0v) is 17.5. The summed E-state index contributed by atoms with van der Waals surface area (Å²) in [6.45, 7) is 5.40. The Morgan fingerprint density at radius 1 is 1.22 bits per heavy atom. The lowest BCUT2D eigenvalue weighted by atomic mass is 9.48. The molecule has 5 heteroatoms. The topological polar surface area (TPSA) is 61.4 Å². The second-order valence-electron chi connectivity index (χ2n) is 9.92. The molecule has 0 spiro atoms. The molecule has 0 aromatic heterocycles. The molecule has 0 aromatic rings. The van der Waals surface area contributed by atoms with E-state index in [1.165, 1.54) is 24.8 Å². The maximum atomic E-state index is 12.2. The van der Waals surface area contributed by atoms with Crippen LogP contribution in [0.2, 0.25) is 0 Å². The molecule has 0 aliphatic heterocycles. The van der Waals surface area contributed by atoms with Gasteiger partial charge in [-0.25, -0.2) is 4.79 Å². The van der Waals surface area contributed by atoms with E-state index >= 15 is 0 Å². The number of aliphatic hydroxyl groups excluding tert-OH is 1. The number of alkyl halides is 1. The highest BCUT2D eigenvalue weighted by Crippen LogP contribution is 2.64. The quantitative estimate of drug-likeness (QED) is 0.495. The Labute approximate surface area is 168 Å². The summed E-state index contributed by atoms with van der Waals surface area (Å²) in [5.74, 6) is 2.61. The van der Waals surface area contributed by atoms with Crippen LogP contribution in [0.25, 0.3) is 0 Å². The molecule has 3 N–H and O–H groups in total. The van der Waals surface area contributed by atoms with Gasteiger partial charge in [0.2, 0.25) is 0 Å². The normalized spacial score (nSPS) is 45.9. The van der Waals surface area contributed by atoms with Crippen molar-refractivity contribution >= 4 is 17.6 Å². The van der Waals surface area contributed by atoms with E-state index in [2.05, 4.69) is 30.6 Å². The van der Waals surface area contributed by atoms with Crippen LogP contribution in [0.4, 0.5) is 4.79 Å². The van der Waals surface area contributed by atoms with E-state index in [0.29, 0.717) is 18.3 Å². The molecule has 7 unspecified atom stereocenters. The van der Waals surface area contributed by atoms with Crippen molar-refractivity contribution in [3.8, 4) is 0 Å². The number of hydrogen-bond acceptors (Lipinski definition) is 2. The van der Waals surface area contributed by atoms with Gasteiger partial charge >= 0.3 is 6.03 Å². The van der Waals surface area contributed by atoms with Gasteiger partial charge < -0.3 is 15.7 Å². The number of hydrogen-bond donors (Lipinski definition) is 3. The Morgan fingerprint density at radius 3 is 2.81 bits per heavy atom. The second-order valence-corrected chi connectivity index (χ2v) is 10.3. The summed E-state index contributed by atoms with van der Waals surface area (Å²) in [7, 11) is 0. The molecule has 0 aromatic carbocycles. The summed E-state index contributed by atoms with van der Waals surface area (Å²) in [5, 5.41) is 16.3. The van der Waals surface area contributed by atoms with Crippen molar-refractivity contribution in [2.75, 3.05) is 12.4 Å². The van der Waals surface area contributed by atoms with Crippen molar-refractivity contribution in [2.24, 2.45) is 28.6 Å². The van der Waals surface area contributed by atoms with Crippen LogP contribution in [-0.2, 0) is 0 Å². The predicted octanol–water partition coefficient (Wildman–Crippen LogP) is 4.22. The summed E-state index contributed by atoms with van der Waals surface area (Å²) in [5.41, 5.74) is 2.02. The number of amides is 2. The first-order chi connectivity index (χ1) is 12.9. The van der Waals surface area contributed by atoms with Crippen LogP contribution in [0.5, 0.6) is 0 Å². The largest absolute Gasteiger partial charge is 0.393 e. The lowest BCUT2D eigenvalue weighted by Gasteiger charge is -2.58. The zero-order chi connectivity index (χ0) is 19.2. The summed E-state index contributed by atoms with van der Waals surface area (Å²) in [4.78, 5) is 12.2. The smallest absolute Gasteiger partial charge is 0.315 e. The molecule has 7 atom stereocenters. The molecule has 27 heavy (non-hydrogen) atoms. The van der Waals surface area contributed by atoms with Crippen LogP contribution in [0, 0.1) is 28.6 Å². The molecule has 4 aliphatic carbocycles. The van der Waals surface area contributed by atoms with Crippen molar-refractivity contribution in [3.63, 3.8) is 0 Å². The molecular weight excluding hydrogens is 360 g/mol. The number of rotatable bonds is 3. The van der Waals surface area contributed by atoms with Crippen LogP contribution < -0.4 is 10.6 Å². The Balaban J connectivity index is 1.51. The highest BCUT2D eigenvalue weighted by molar-refractivity contribution is 6.18. The third-order valence-corrected chi connectivity index (χ3v) is 8.95. The summed E-state index contributed by atoms with van der Waals surface area (Å²) >= 11 is 5.69. The number of carbonyl (C=O) groups is 1. The molecule has 152 valence electrons. The number of fused-ring (bicyclic) bond motifs is 5. The monoisotopic (exact) mass is 394 g/mol. The van der Waals surface area contributed by atoms with Crippen molar-refractivity contribution in [1.82, 2.24) is 10.6 Å². The molecular formula is C22H35ClN2O2. The maximum Gasteiger partial charge on any atom is 0.315 e. The first-order valence-corrected chi connectivity index (χ1v) is 11.4. The van der Waals surface area contributed by atoms with E-state index < -0.39 is 0 Å². The number of allylic oxidation sites excluding steroid dienone is 1. The molecule has 0 saturated heterocycles. The van der Waals surface area contributed by atoms with Gasteiger partial charge in [-0.2, -0.15) is 0 Å². The number of halogens is 1. The average molecular weight is 395 g/mol. The van der Waals surface area contributed by atoms with Crippen LogP contribution >= 0.6 is 11.6 Å². The fourth-order valence-corrected chi connectivity index (χ4v) is 7.34. The fourth-order valence-electron chi connectivity index (χ4n) is 7.25. The molecule has 0 heterocycles. The number of carbonyl (C=O) groups excluding carboxylic acids is 1. The van der Waals surface area contributed by atoms with Gasteiger partial charge in [0.1, 0.15) is 0 Å². The van der Waals surface area contributed by atoms with Gasteiger partial charge in [0.05, 0.1) is 6.10 Å². The SMILES string of the molecule is CC12CCC(O)CC1=CCC1C2CCC2(C)C(NC(=O)NCCCl)CCC12. The van der Waals surface area contributed by atoms with Crippen molar-refractivity contribution in [3.05, 3.63) is 11.6 Å². The molecule has 4 rings (SSSR count). The molecule has 0 bridgehead atoms. The number of aliphatic hydroxyl groups is 1. The standard InChI is InChI=1S/C22H35ClN2O2/c1-21-9-7-15(26)13-14(21)3-4-16-17-5-6-19(25-20(27)24-12-11-23)22(17,2)10-8-18(16)21/h3,15-19,26H,4-13H2,1-2H3,(H2,24,25,27). The minimum Gasteiger partial charge on any atom is -0.393 e. The lowest BCUT2D eigenvalue weighted by Crippen LogP contribution is -2.55. The summed E-state index contributed by atoms with van der Waals surface area (Å²) in [6.07, 6.45) is 11.2. The molecule has 0 radical (unpaired) electrons. The van der Waals surface area contributed by atoms with Gasteiger partial charge in [0, 0.05) is 18.5 Å². The second kappa shape index (κ2) is 7.26. The lowest BCUT2D eigenvalue weighted by molar-refractivity contribution is -0.0422. The van der Waals surface area contributed by atoms with E-state index in [-0.39, 0.29) is 29.0 Å². The van der Waals surface area contributed by atoms with Crippen molar-refractivity contribution in [1.29, 1.82) is 0 Å². The minimum absolute atomic E-state index is 0.0660. The minimum atomic E-state index is -0.138. The number of urea groups is 1. The van der Waals surface area contributed by atoms with Crippen LogP contribution in [0.15, 0.2) is 11.6 Å².